The summed E-state index contributed by atoms with van der Waals surface area (Å²) in [7, 11) is -4.26. The predicted molar refractivity (Wildman–Crippen MR) is 96.9 cm³/mol. The molecule has 0 aromatic rings. The van der Waals surface area contributed by atoms with Crippen molar-refractivity contribution in [3.63, 3.8) is 0 Å². The van der Waals surface area contributed by atoms with E-state index in [0.717, 1.165) is 32.1 Å². The van der Waals surface area contributed by atoms with E-state index in [2.05, 4.69) is 35.4 Å². The molecule has 0 radical (unpaired) electrons. The monoisotopic (exact) mass is 346 g/mol. The van der Waals surface area contributed by atoms with E-state index in [4.69, 9.17) is 4.55 Å². The van der Waals surface area contributed by atoms with Crippen molar-refractivity contribution in [1.29, 1.82) is 0 Å². The first-order chi connectivity index (χ1) is 11.1. The van der Waals surface area contributed by atoms with Crippen LogP contribution in [0.25, 0.3) is 0 Å². The zero-order valence-electron chi connectivity index (χ0n) is 14.6. The standard InChI is InChI=1S/C18H34O4S/c1-2-3-4-5-6-7-8-9-10-11-12-13-14-15-16-17-18-22-23(19,20)21/h6-7,9-10H,2-5,8,11-18H2,1H3,(H,19,20,21)/b7-6+,10-9+. The molecule has 0 aromatic heterocycles. The molecule has 0 unspecified atom stereocenters. The fourth-order valence-electron chi connectivity index (χ4n) is 2.25. The number of hydrogen-bond acceptors (Lipinski definition) is 3. The molecule has 136 valence electrons. The van der Waals surface area contributed by atoms with E-state index < -0.39 is 10.4 Å². The van der Waals surface area contributed by atoms with E-state index >= 15 is 0 Å². The second-order valence-electron chi connectivity index (χ2n) is 5.83. The van der Waals surface area contributed by atoms with E-state index in [1.165, 1.54) is 38.5 Å². The Bertz CT molecular complexity index is 399. The van der Waals surface area contributed by atoms with Gasteiger partial charge in [0.2, 0.25) is 0 Å². The van der Waals surface area contributed by atoms with Crippen LogP contribution in [0.2, 0.25) is 0 Å². The molecule has 0 aliphatic heterocycles. The summed E-state index contributed by atoms with van der Waals surface area (Å²) >= 11 is 0. The molecule has 0 atom stereocenters. The maximum atomic E-state index is 10.3. The Morgan fingerprint density at radius 3 is 1.87 bits per heavy atom. The van der Waals surface area contributed by atoms with Crippen molar-refractivity contribution in [2.24, 2.45) is 0 Å². The second-order valence-corrected chi connectivity index (χ2v) is 6.93. The van der Waals surface area contributed by atoms with Crippen molar-refractivity contribution in [3.05, 3.63) is 24.3 Å². The van der Waals surface area contributed by atoms with Gasteiger partial charge < -0.3 is 0 Å². The minimum Gasteiger partial charge on any atom is -0.264 e. The summed E-state index contributed by atoms with van der Waals surface area (Å²) in [6.45, 7) is 2.30. The van der Waals surface area contributed by atoms with Crippen LogP contribution >= 0.6 is 0 Å². The third-order valence-corrected chi connectivity index (χ3v) is 4.04. The Morgan fingerprint density at radius 1 is 0.783 bits per heavy atom. The summed E-state index contributed by atoms with van der Waals surface area (Å²) in [6.07, 6.45) is 22.6. The second kappa shape index (κ2) is 16.2. The molecule has 0 saturated carbocycles. The van der Waals surface area contributed by atoms with Crippen LogP contribution in [-0.2, 0) is 14.6 Å². The van der Waals surface area contributed by atoms with Gasteiger partial charge in [-0.1, -0.05) is 69.8 Å². The normalized spacial score (nSPS) is 12.6. The maximum Gasteiger partial charge on any atom is 0.397 e. The summed E-state index contributed by atoms with van der Waals surface area (Å²) in [5, 5.41) is 0. The third kappa shape index (κ3) is 21.4. The highest BCUT2D eigenvalue weighted by molar-refractivity contribution is 7.80. The molecule has 23 heavy (non-hydrogen) atoms. The van der Waals surface area contributed by atoms with E-state index in [1.54, 1.807) is 0 Å². The molecule has 1 N–H and O–H groups in total. The molecule has 0 aromatic carbocycles. The lowest BCUT2D eigenvalue weighted by Crippen LogP contribution is -2.04. The van der Waals surface area contributed by atoms with Crippen LogP contribution in [0.15, 0.2) is 24.3 Å². The number of hydrogen-bond donors (Lipinski definition) is 1. The van der Waals surface area contributed by atoms with Gasteiger partial charge in [0.15, 0.2) is 0 Å². The molecule has 0 saturated heterocycles. The van der Waals surface area contributed by atoms with Crippen LogP contribution in [0.1, 0.15) is 84.0 Å². The number of allylic oxidation sites excluding steroid dienone is 4. The SMILES string of the molecule is CCCCC/C=C/C/C=C/CCCCCCCCOS(=O)(=O)O. The zero-order chi connectivity index (χ0) is 17.2. The lowest BCUT2D eigenvalue weighted by atomic mass is 10.1. The summed E-state index contributed by atoms with van der Waals surface area (Å²) < 4.78 is 33.3. The minimum atomic E-state index is -4.26. The van der Waals surface area contributed by atoms with Crippen molar-refractivity contribution >= 4 is 10.4 Å². The maximum absolute atomic E-state index is 10.3. The van der Waals surface area contributed by atoms with E-state index in [0.29, 0.717) is 6.42 Å². The van der Waals surface area contributed by atoms with Crippen molar-refractivity contribution in [2.75, 3.05) is 6.61 Å². The fourth-order valence-corrected chi connectivity index (χ4v) is 2.58. The van der Waals surface area contributed by atoms with Crippen molar-refractivity contribution in [2.45, 2.75) is 84.0 Å². The summed E-state index contributed by atoms with van der Waals surface area (Å²) in [5.41, 5.74) is 0. The Morgan fingerprint density at radius 2 is 1.30 bits per heavy atom. The summed E-state index contributed by atoms with van der Waals surface area (Å²) in [6, 6.07) is 0. The fraction of sp³-hybridized carbons (Fsp3) is 0.778. The van der Waals surface area contributed by atoms with E-state index in [-0.39, 0.29) is 6.61 Å². The zero-order valence-corrected chi connectivity index (χ0v) is 15.4. The molecule has 0 bridgehead atoms. The van der Waals surface area contributed by atoms with E-state index in [1.807, 2.05) is 0 Å². The average molecular weight is 347 g/mol. The van der Waals surface area contributed by atoms with Crippen LogP contribution < -0.4 is 0 Å². The topological polar surface area (TPSA) is 63.6 Å². The first-order valence-corrected chi connectivity index (χ1v) is 10.3. The molecule has 0 aliphatic rings. The molecular weight excluding hydrogens is 312 g/mol. The van der Waals surface area contributed by atoms with E-state index in [9.17, 15) is 8.42 Å². The van der Waals surface area contributed by atoms with Gasteiger partial charge in [0.25, 0.3) is 0 Å². The van der Waals surface area contributed by atoms with Crippen LogP contribution in [0, 0.1) is 0 Å². The molecule has 0 aliphatic carbocycles. The van der Waals surface area contributed by atoms with Crippen LogP contribution in [0.5, 0.6) is 0 Å². The van der Waals surface area contributed by atoms with Gasteiger partial charge in [0.05, 0.1) is 6.61 Å². The molecule has 0 amide bonds. The first-order valence-electron chi connectivity index (χ1n) is 8.98. The summed E-state index contributed by atoms with van der Waals surface area (Å²) in [4.78, 5) is 0. The van der Waals surface area contributed by atoms with Gasteiger partial charge in [-0.25, -0.2) is 4.18 Å². The first kappa shape index (κ1) is 22.4. The average Bonchev–Trinajstić information content (AvgIpc) is 2.49. The third-order valence-electron chi connectivity index (χ3n) is 3.58. The smallest absolute Gasteiger partial charge is 0.264 e. The van der Waals surface area contributed by atoms with Gasteiger partial charge in [-0.2, -0.15) is 8.42 Å². The van der Waals surface area contributed by atoms with Crippen molar-refractivity contribution < 1.29 is 17.2 Å². The molecule has 0 heterocycles. The van der Waals surface area contributed by atoms with Crippen LogP contribution in [0.3, 0.4) is 0 Å². The number of unbranched alkanes of at least 4 members (excludes halogenated alkanes) is 9. The molecular formula is C18H34O4S. The van der Waals surface area contributed by atoms with Gasteiger partial charge >= 0.3 is 10.4 Å². The molecule has 0 rings (SSSR count). The summed E-state index contributed by atoms with van der Waals surface area (Å²) in [5.74, 6) is 0. The van der Waals surface area contributed by atoms with Crippen molar-refractivity contribution in [3.8, 4) is 0 Å². The van der Waals surface area contributed by atoms with Crippen molar-refractivity contribution in [1.82, 2.24) is 0 Å². The Kier molecular flexibility index (Phi) is 15.8. The molecule has 5 heteroatoms. The molecule has 0 fully saturated rings. The highest BCUT2D eigenvalue weighted by Crippen LogP contribution is 2.08. The highest BCUT2D eigenvalue weighted by Gasteiger charge is 2.02. The molecule has 0 spiro atoms. The highest BCUT2D eigenvalue weighted by atomic mass is 32.3. The Hall–Kier alpha value is -0.650. The van der Waals surface area contributed by atoms with Crippen LogP contribution in [0.4, 0.5) is 0 Å². The lowest BCUT2D eigenvalue weighted by molar-refractivity contribution is 0.261. The predicted octanol–water partition coefficient (Wildman–Crippen LogP) is 5.62. The van der Waals surface area contributed by atoms with Gasteiger partial charge in [0.1, 0.15) is 0 Å². The lowest BCUT2D eigenvalue weighted by Gasteiger charge is -2.01. The van der Waals surface area contributed by atoms with Gasteiger partial charge in [-0.3, -0.25) is 4.55 Å². The minimum absolute atomic E-state index is 0.0769. The molecule has 4 nitrogen and oxygen atoms in total. The quantitative estimate of drug-likeness (QED) is 0.224. The number of rotatable bonds is 16. The van der Waals surface area contributed by atoms with Gasteiger partial charge in [-0.05, 0) is 38.5 Å². The van der Waals surface area contributed by atoms with Crippen LogP contribution in [-0.4, -0.2) is 19.6 Å². The largest absolute Gasteiger partial charge is 0.397 e. The Balaban J connectivity index is 3.22. The van der Waals surface area contributed by atoms with Gasteiger partial charge in [-0.15, -0.1) is 0 Å². The Labute approximate surface area is 143 Å². The van der Waals surface area contributed by atoms with Gasteiger partial charge in [0, 0.05) is 0 Å².